The van der Waals surface area contributed by atoms with E-state index >= 15 is 0 Å². The van der Waals surface area contributed by atoms with E-state index in [0.29, 0.717) is 0 Å². The molecule has 3 aromatic rings. The maximum Gasteiger partial charge on any atom is 0.0659 e. The first-order chi connectivity index (χ1) is 11.6. The van der Waals surface area contributed by atoms with Gasteiger partial charge in [-0.15, -0.1) is 0 Å². The molecule has 3 aromatic carbocycles. The smallest absolute Gasteiger partial charge is 0.0659 e. The lowest BCUT2D eigenvalue weighted by atomic mass is 10.2. The first-order valence-electron chi connectivity index (χ1n) is 7.45. The monoisotopic (exact) mass is 430 g/mol. The van der Waals surface area contributed by atoms with Crippen LogP contribution < -0.4 is 10.6 Å². The number of rotatable bonds is 5. The molecule has 120 valence electrons. The summed E-state index contributed by atoms with van der Waals surface area (Å²) in [4.78, 5) is 1.01. The third kappa shape index (κ3) is 3.92. The quantitative estimate of drug-likeness (QED) is 0.442. The fraction of sp³-hybridized carbons (Fsp3) is 0. The van der Waals surface area contributed by atoms with Crippen molar-refractivity contribution >= 4 is 59.9 Å². The maximum atomic E-state index is 6.24. The third-order valence-corrected chi connectivity index (χ3v) is 11.4. The Bertz CT molecular complexity index is 831. The van der Waals surface area contributed by atoms with Crippen LogP contribution in [-0.4, -0.2) is 0 Å². The summed E-state index contributed by atoms with van der Waals surface area (Å²) in [5.74, 6) is 0. The van der Waals surface area contributed by atoms with Crippen LogP contribution in [0.1, 0.15) is 5.56 Å². The van der Waals surface area contributed by atoms with E-state index in [1.807, 2.05) is 24.3 Å². The largest absolute Gasteiger partial charge is 0.0844 e. The Morgan fingerprint density at radius 2 is 1.25 bits per heavy atom. The predicted octanol–water partition coefficient (Wildman–Crippen LogP) is 6.20. The minimum absolute atomic E-state index is 1.01. The number of hydrogen-bond donors (Lipinski definition) is 0. The molecular weight excluding hydrogens is 415 g/mol. The molecule has 0 aliphatic carbocycles. The molecule has 24 heavy (non-hydrogen) atoms. The lowest BCUT2D eigenvalue weighted by molar-refractivity contribution is 1.61. The van der Waals surface area contributed by atoms with Crippen molar-refractivity contribution < 1.29 is 0 Å². The van der Waals surface area contributed by atoms with E-state index in [1.165, 1.54) is 10.6 Å². The molecule has 0 fully saturated rings. The van der Waals surface area contributed by atoms with Gasteiger partial charge in [0, 0.05) is 9.38 Å². The highest BCUT2D eigenvalue weighted by Crippen LogP contribution is 2.61. The molecule has 0 aliphatic heterocycles. The van der Waals surface area contributed by atoms with Crippen LogP contribution >= 0.6 is 32.6 Å². The average Bonchev–Trinajstić information content (AvgIpc) is 2.63. The zero-order valence-electron chi connectivity index (χ0n) is 12.9. The lowest BCUT2D eigenvalue weighted by Gasteiger charge is -2.23. The highest BCUT2D eigenvalue weighted by Gasteiger charge is 2.24. The molecule has 0 atom stereocenters. The van der Waals surface area contributed by atoms with Gasteiger partial charge in [-0.2, -0.15) is 0 Å². The fourth-order valence-corrected chi connectivity index (χ4v) is 8.95. The second kappa shape index (κ2) is 7.84. The van der Waals surface area contributed by atoms with Crippen molar-refractivity contribution in [2.75, 3.05) is 0 Å². The Labute approximate surface area is 160 Å². The van der Waals surface area contributed by atoms with Crippen LogP contribution in [0.3, 0.4) is 0 Å². The van der Waals surface area contributed by atoms with Crippen LogP contribution in [-0.2, 0) is 11.8 Å². The molecule has 0 N–H and O–H groups in total. The van der Waals surface area contributed by atoms with Crippen LogP contribution in [0.25, 0.3) is 4.91 Å². The van der Waals surface area contributed by atoms with E-state index in [0.717, 1.165) is 14.9 Å². The standard InChI is InChI=1S/C20H16BrPS2/c1-16(17-12-14-18(21)15-13-17)24-22(23,19-8-4-2-5-9-19)20-10-6-3-7-11-20/h2-15H,1H2. The number of hydrogen-bond acceptors (Lipinski definition) is 2. The number of benzene rings is 3. The predicted molar refractivity (Wildman–Crippen MR) is 117 cm³/mol. The van der Waals surface area contributed by atoms with E-state index in [2.05, 4.69) is 83.2 Å². The second-order valence-electron chi connectivity index (χ2n) is 5.24. The van der Waals surface area contributed by atoms with Gasteiger partial charge < -0.3 is 0 Å². The summed E-state index contributed by atoms with van der Waals surface area (Å²) in [5.41, 5.74) is 1.12. The maximum absolute atomic E-state index is 6.24. The molecule has 0 heterocycles. The molecule has 0 saturated heterocycles. The zero-order chi connectivity index (χ0) is 17.0. The van der Waals surface area contributed by atoms with E-state index in [4.69, 9.17) is 11.8 Å². The molecule has 0 amide bonds. The van der Waals surface area contributed by atoms with Crippen molar-refractivity contribution in [2.45, 2.75) is 0 Å². The molecule has 0 aromatic heterocycles. The van der Waals surface area contributed by atoms with Gasteiger partial charge in [0.25, 0.3) is 0 Å². The van der Waals surface area contributed by atoms with E-state index < -0.39 is 5.24 Å². The van der Waals surface area contributed by atoms with Crippen molar-refractivity contribution in [3.63, 3.8) is 0 Å². The minimum Gasteiger partial charge on any atom is -0.0844 e. The third-order valence-electron chi connectivity index (χ3n) is 3.60. The summed E-state index contributed by atoms with van der Waals surface area (Å²) in [6.07, 6.45) is 0. The van der Waals surface area contributed by atoms with Crippen molar-refractivity contribution in [1.29, 1.82) is 0 Å². The summed E-state index contributed by atoms with van der Waals surface area (Å²) in [6, 6.07) is 29.1. The van der Waals surface area contributed by atoms with Crippen LogP contribution in [0.15, 0.2) is 96.0 Å². The van der Waals surface area contributed by atoms with Crippen molar-refractivity contribution in [3.05, 3.63) is 102 Å². The van der Waals surface area contributed by atoms with Crippen molar-refractivity contribution in [2.24, 2.45) is 0 Å². The Morgan fingerprint density at radius 3 is 1.71 bits per heavy atom. The normalized spacial score (nSPS) is 11.2. The molecule has 0 aliphatic rings. The molecule has 0 bridgehead atoms. The van der Waals surface area contributed by atoms with Crippen molar-refractivity contribution in [1.82, 2.24) is 0 Å². The summed E-state index contributed by atoms with van der Waals surface area (Å²) < 4.78 is 1.06. The Balaban J connectivity index is 2.02. The van der Waals surface area contributed by atoms with Gasteiger partial charge >= 0.3 is 0 Å². The van der Waals surface area contributed by atoms with Gasteiger partial charge in [0.05, 0.1) is 5.24 Å². The lowest BCUT2D eigenvalue weighted by Crippen LogP contribution is -2.12. The van der Waals surface area contributed by atoms with Gasteiger partial charge in [-0.25, -0.2) is 0 Å². The second-order valence-corrected chi connectivity index (χ2v) is 13.5. The molecular formula is C20H16BrPS2. The Kier molecular flexibility index (Phi) is 5.78. The highest BCUT2D eigenvalue weighted by atomic mass is 79.9. The van der Waals surface area contributed by atoms with Gasteiger partial charge in [-0.3, -0.25) is 0 Å². The summed E-state index contributed by atoms with van der Waals surface area (Å²) in [6.45, 7) is 4.30. The van der Waals surface area contributed by atoms with E-state index in [1.54, 1.807) is 11.4 Å². The Hall–Kier alpha value is -1.12. The zero-order valence-corrected chi connectivity index (χ0v) is 17.0. The molecule has 0 unspecified atom stereocenters. The molecule has 3 rings (SSSR count). The van der Waals surface area contributed by atoms with Gasteiger partial charge in [-0.05, 0) is 28.3 Å². The van der Waals surface area contributed by atoms with E-state index in [9.17, 15) is 0 Å². The SMILES string of the molecule is C=C(SP(=S)(c1ccccc1)c1ccccc1)c1ccc(Br)cc1. The summed E-state index contributed by atoms with van der Waals surface area (Å²) in [5, 5.41) is 0.388. The summed E-state index contributed by atoms with van der Waals surface area (Å²) >= 11 is 11.4. The Morgan fingerprint density at radius 1 is 0.792 bits per heavy atom. The number of halogens is 1. The van der Waals surface area contributed by atoms with Gasteiger partial charge in [0.15, 0.2) is 0 Å². The summed E-state index contributed by atoms with van der Waals surface area (Å²) in [7, 11) is 0. The van der Waals surface area contributed by atoms with Crippen LogP contribution in [0.2, 0.25) is 0 Å². The molecule has 0 nitrogen and oxygen atoms in total. The van der Waals surface area contributed by atoms with E-state index in [-0.39, 0.29) is 0 Å². The molecule has 0 spiro atoms. The average molecular weight is 431 g/mol. The first-order valence-corrected chi connectivity index (χ1v) is 12.5. The van der Waals surface area contributed by atoms with Gasteiger partial charge in [-0.1, -0.05) is 118 Å². The van der Waals surface area contributed by atoms with Crippen LogP contribution in [0.4, 0.5) is 0 Å². The molecule has 0 saturated carbocycles. The van der Waals surface area contributed by atoms with Crippen LogP contribution in [0.5, 0.6) is 0 Å². The van der Waals surface area contributed by atoms with Gasteiger partial charge in [0.2, 0.25) is 0 Å². The topological polar surface area (TPSA) is 0 Å². The highest BCUT2D eigenvalue weighted by molar-refractivity contribution is 9.10. The molecule has 0 radical (unpaired) electrons. The fourth-order valence-electron chi connectivity index (χ4n) is 2.35. The van der Waals surface area contributed by atoms with Gasteiger partial charge in [0.1, 0.15) is 0 Å². The first kappa shape index (κ1) is 17.7. The molecule has 4 heteroatoms. The van der Waals surface area contributed by atoms with Crippen molar-refractivity contribution in [3.8, 4) is 0 Å². The minimum atomic E-state index is -2.02. The van der Waals surface area contributed by atoms with Crippen LogP contribution in [0, 0.1) is 0 Å².